The van der Waals surface area contributed by atoms with Crippen molar-refractivity contribution in [3.05, 3.63) is 35.9 Å². The second kappa shape index (κ2) is 8.69. The minimum atomic E-state index is 0.115. The summed E-state index contributed by atoms with van der Waals surface area (Å²) in [7, 11) is 1.70. The lowest BCUT2D eigenvalue weighted by Gasteiger charge is -2.32. The van der Waals surface area contributed by atoms with Crippen molar-refractivity contribution in [1.82, 2.24) is 4.90 Å². The summed E-state index contributed by atoms with van der Waals surface area (Å²) >= 11 is 0. The van der Waals surface area contributed by atoms with Gasteiger partial charge < -0.3 is 9.64 Å². The van der Waals surface area contributed by atoms with Crippen molar-refractivity contribution in [2.24, 2.45) is 5.92 Å². The first-order valence-corrected chi connectivity index (χ1v) is 8.05. The van der Waals surface area contributed by atoms with Gasteiger partial charge in [0, 0.05) is 38.6 Å². The first kappa shape index (κ1) is 16.7. The molecular formula is C18H25NO3. The van der Waals surface area contributed by atoms with Crippen molar-refractivity contribution in [1.29, 1.82) is 0 Å². The van der Waals surface area contributed by atoms with Crippen LogP contribution in [-0.2, 0) is 9.53 Å². The lowest BCUT2D eigenvalue weighted by atomic mass is 9.98. The molecule has 1 aromatic rings. The van der Waals surface area contributed by atoms with E-state index in [1.165, 1.54) is 0 Å². The molecule has 1 aromatic carbocycles. The minimum Gasteiger partial charge on any atom is -0.384 e. The van der Waals surface area contributed by atoms with Crippen LogP contribution in [-0.4, -0.2) is 43.4 Å². The summed E-state index contributed by atoms with van der Waals surface area (Å²) in [6, 6.07) is 9.27. The molecule has 0 aliphatic carbocycles. The van der Waals surface area contributed by atoms with E-state index in [-0.39, 0.29) is 11.7 Å². The molecule has 1 aliphatic rings. The number of hydrogen-bond donors (Lipinski definition) is 0. The molecular weight excluding hydrogens is 278 g/mol. The van der Waals surface area contributed by atoms with Crippen LogP contribution >= 0.6 is 0 Å². The van der Waals surface area contributed by atoms with Gasteiger partial charge >= 0.3 is 0 Å². The number of piperidine rings is 1. The molecule has 1 fully saturated rings. The fourth-order valence-electron chi connectivity index (χ4n) is 2.99. The quantitative estimate of drug-likeness (QED) is 0.728. The number of nitrogens with zero attached hydrogens (tertiary/aromatic N) is 1. The number of hydrogen-bond acceptors (Lipinski definition) is 3. The maximum atomic E-state index is 12.2. The van der Waals surface area contributed by atoms with Crippen LogP contribution in [0.25, 0.3) is 0 Å². The Balaban J connectivity index is 1.72. The summed E-state index contributed by atoms with van der Waals surface area (Å²) in [5, 5.41) is 0. The molecule has 1 heterocycles. The molecule has 0 saturated carbocycles. The molecule has 4 heteroatoms. The summed E-state index contributed by atoms with van der Waals surface area (Å²) < 4.78 is 5.19. The number of amides is 1. The fraction of sp³-hybridized carbons (Fsp3) is 0.556. The normalized spacial score (nSPS) is 18.2. The number of carbonyl (C=O) groups is 2. The first-order valence-electron chi connectivity index (χ1n) is 8.05. The average molecular weight is 303 g/mol. The van der Waals surface area contributed by atoms with Crippen LogP contribution in [0.5, 0.6) is 0 Å². The molecule has 1 aliphatic heterocycles. The Morgan fingerprint density at radius 3 is 2.73 bits per heavy atom. The zero-order chi connectivity index (χ0) is 15.8. The Morgan fingerprint density at radius 2 is 2.00 bits per heavy atom. The van der Waals surface area contributed by atoms with Crippen LogP contribution in [0.3, 0.4) is 0 Å². The smallest absolute Gasteiger partial charge is 0.222 e. The highest BCUT2D eigenvalue weighted by molar-refractivity contribution is 5.96. The summed E-state index contributed by atoms with van der Waals surface area (Å²) in [6.45, 7) is 2.35. The average Bonchev–Trinajstić information content (AvgIpc) is 2.56. The molecule has 1 amide bonds. The molecule has 0 unspecified atom stereocenters. The maximum Gasteiger partial charge on any atom is 0.222 e. The van der Waals surface area contributed by atoms with E-state index in [2.05, 4.69) is 0 Å². The van der Waals surface area contributed by atoms with Gasteiger partial charge in [-0.3, -0.25) is 9.59 Å². The molecule has 4 nitrogen and oxygen atoms in total. The standard InChI is InChI=1S/C18H25NO3/c1-22-14-15-7-6-12-19(13-15)18(21)11-5-10-17(20)16-8-3-2-4-9-16/h2-4,8-9,15H,5-7,10-14H2,1H3/t15-/m0/s1. The summed E-state index contributed by atoms with van der Waals surface area (Å²) in [6.07, 6.45) is 3.69. The first-order chi connectivity index (χ1) is 10.7. The molecule has 22 heavy (non-hydrogen) atoms. The van der Waals surface area contributed by atoms with Crippen molar-refractivity contribution in [3.8, 4) is 0 Å². The summed E-state index contributed by atoms with van der Waals surface area (Å²) in [4.78, 5) is 26.2. The molecule has 0 N–H and O–H groups in total. The van der Waals surface area contributed by atoms with Gasteiger partial charge in [0.2, 0.25) is 5.91 Å². The minimum absolute atomic E-state index is 0.115. The predicted molar refractivity (Wildman–Crippen MR) is 85.8 cm³/mol. The van der Waals surface area contributed by atoms with Crippen LogP contribution in [0.15, 0.2) is 30.3 Å². The predicted octanol–water partition coefficient (Wildman–Crippen LogP) is 2.92. The number of carbonyl (C=O) groups excluding carboxylic acids is 2. The van der Waals surface area contributed by atoms with Gasteiger partial charge in [0.25, 0.3) is 0 Å². The molecule has 1 atom stereocenters. The lowest BCUT2D eigenvalue weighted by molar-refractivity contribution is -0.133. The zero-order valence-corrected chi connectivity index (χ0v) is 13.3. The number of ketones is 1. The van der Waals surface area contributed by atoms with Crippen molar-refractivity contribution in [2.75, 3.05) is 26.8 Å². The second-order valence-electron chi connectivity index (χ2n) is 5.95. The van der Waals surface area contributed by atoms with E-state index in [1.807, 2.05) is 35.2 Å². The Hall–Kier alpha value is -1.68. The highest BCUT2D eigenvalue weighted by atomic mass is 16.5. The fourth-order valence-corrected chi connectivity index (χ4v) is 2.99. The van der Waals surface area contributed by atoms with Crippen molar-refractivity contribution < 1.29 is 14.3 Å². The number of rotatable bonds is 7. The highest BCUT2D eigenvalue weighted by Crippen LogP contribution is 2.18. The van der Waals surface area contributed by atoms with Crippen LogP contribution in [0, 0.1) is 5.92 Å². The van der Waals surface area contributed by atoms with E-state index >= 15 is 0 Å². The molecule has 1 saturated heterocycles. The molecule has 0 aromatic heterocycles. The second-order valence-corrected chi connectivity index (χ2v) is 5.95. The zero-order valence-electron chi connectivity index (χ0n) is 13.3. The molecule has 0 bridgehead atoms. The Kier molecular flexibility index (Phi) is 6.59. The Morgan fingerprint density at radius 1 is 1.23 bits per heavy atom. The lowest BCUT2D eigenvalue weighted by Crippen LogP contribution is -2.41. The largest absolute Gasteiger partial charge is 0.384 e. The van der Waals surface area contributed by atoms with Crippen molar-refractivity contribution >= 4 is 11.7 Å². The summed E-state index contributed by atoms with van der Waals surface area (Å²) in [5.74, 6) is 0.736. The summed E-state index contributed by atoms with van der Waals surface area (Å²) in [5.41, 5.74) is 0.730. The van der Waals surface area contributed by atoms with E-state index in [0.29, 0.717) is 25.2 Å². The molecule has 0 spiro atoms. The van der Waals surface area contributed by atoms with E-state index in [4.69, 9.17) is 4.74 Å². The van der Waals surface area contributed by atoms with Gasteiger partial charge in [-0.05, 0) is 25.2 Å². The van der Waals surface area contributed by atoms with Crippen LogP contribution in [0.1, 0.15) is 42.5 Å². The number of Topliss-reactive ketones (excluding diaryl/α,β-unsaturated/α-hetero) is 1. The van der Waals surface area contributed by atoms with Gasteiger partial charge in [0.15, 0.2) is 5.78 Å². The monoisotopic (exact) mass is 303 g/mol. The molecule has 0 radical (unpaired) electrons. The maximum absolute atomic E-state index is 12.2. The molecule has 2 rings (SSSR count). The highest BCUT2D eigenvalue weighted by Gasteiger charge is 2.23. The third-order valence-corrected chi connectivity index (χ3v) is 4.16. The van der Waals surface area contributed by atoms with Crippen molar-refractivity contribution in [2.45, 2.75) is 32.1 Å². The van der Waals surface area contributed by atoms with E-state index in [1.54, 1.807) is 7.11 Å². The Labute approximate surface area is 132 Å². The van der Waals surface area contributed by atoms with Gasteiger partial charge in [-0.25, -0.2) is 0 Å². The van der Waals surface area contributed by atoms with Gasteiger partial charge in [0.05, 0.1) is 6.61 Å². The third kappa shape index (κ3) is 4.95. The van der Waals surface area contributed by atoms with Crippen LogP contribution in [0.4, 0.5) is 0 Å². The third-order valence-electron chi connectivity index (χ3n) is 4.16. The van der Waals surface area contributed by atoms with E-state index < -0.39 is 0 Å². The number of benzene rings is 1. The number of likely N-dealkylation sites (tertiary alicyclic amines) is 1. The van der Waals surface area contributed by atoms with Crippen molar-refractivity contribution in [3.63, 3.8) is 0 Å². The van der Waals surface area contributed by atoms with Gasteiger partial charge in [-0.15, -0.1) is 0 Å². The van der Waals surface area contributed by atoms with Crippen LogP contribution < -0.4 is 0 Å². The van der Waals surface area contributed by atoms with E-state index in [9.17, 15) is 9.59 Å². The van der Waals surface area contributed by atoms with Crippen LogP contribution in [0.2, 0.25) is 0 Å². The Bertz CT molecular complexity index is 484. The van der Waals surface area contributed by atoms with Gasteiger partial charge in [-0.2, -0.15) is 0 Å². The number of methoxy groups -OCH3 is 1. The van der Waals surface area contributed by atoms with E-state index in [0.717, 1.165) is 38.1 Å². The van der Waals surface area contributed by atoms with Gasteiger partial charge in [0.1, 0.15) is 0 Å². The van der Waals surface area contributed by atoms with Gasteiger partial charge in [-0.1, -0.05) is 30.3 Å². The topological polar surface area (TPSA) is 46.6 Å². The SMILES string of the molecule is COC[C@H]1CCCN(C(=O)CCCC(=O)c2ccccc2)C1. The number of ether oxygens (including phenoxy) is 1. The molecule has 120 valence electrons.